The minimum absolute atomic E-state index is 0.0120. The van der Waals surface area contributed by atoms with E-state index in [2.05, 4.69) is 4.74 Å². The lowest BCUT2D eigenvalue weighted by molar-refractivity contribution is -0.170. The van der Waals surface area contributed by atoms with Crippen LogP contribution >= 0.6 is 0 Å². The van der Waals surface area contributed by atoms with Crippen LogP contribution in [0.3, 0.4) is 0 Å². The van der Waals surface area contributed by atoms with Crippen molar-refractivity contribution in [2.24, 2.45) is 5.92 Å². The van der Waals surface area contributed by atoms with Crippen LogP contribution in [0.4, 0.5) is 13.2 Å². The van der Waals surface area contributed by atoms with E-state index in [1.165, 1.54) is 11.8 Å². The van der Waals surface area contributed by atoms with Gasteiger partial charge in [0, 0.05) is 13.1 Å². The zero-order valence-electron chi connectivity index (χ0n) is 16.3. The van der Waals surface area contributed by atoms with Gasteiger partial charge in [-0.15, -0.1) is 0 Å². The van der Waals surface area contributed by atoms with E-state index in [9.17, 15) is 27.6 Å². The average Bonchev–Trinajstić information content (AvgIpc) is 2.67. The normalized spacial score (nSPS) is 17.0. The SMILES string of the molecule is CCOC(=O)CN(CC(F)(F)F)C(=O)C1CCCN(C(=O)Cc2ccccc2)C1. The molecule has 6 nitrogen and oxygen atoms in total. The molecule has 1 heterocycles. The number of rotatable bonds is 7. The Kier molecular flexibility index (Phi) is 8.04. The fraction of sp³-hybridized carbons (Fsp3) is 0.550. The number of alkyl halides is 3. The summed E-state index contributed by atoms with van der Waals surface area (Å²) in [5.41, 5.74) is 0.826. The number of esters is 1. The van der Waals surface area contributed by atoms with Gasteiger partial charge in [-0.05, 0) is 25.3 Å². The van der Waals surface area contributed by atoms with Crippen molar-refractivity contribution in [1.82, 2.24) is 9.80 Å². The molecule has 0 bridgehead atoms. The van der Waals surface area contributed by atoms with Crippen LogP contribution in [0.25, 0.3) is 0 Å². The Morgan fingerprint density at radius 3 is 2.52 bits per heavy atom. The minimum atomic E-state index is -4.64. The van der Waals surface area contributed by atoms with Crippen LogP contribution in [0.15, 0.2) is 30.3 Å². The molecule has 0 saturated carbocycles. The maximum absolute atomic E-state index is 12.9. The molecule has 1 aromatic carbocycles. The van der Waals surface area contributed by atoms with Gasteiger partial charge in [-0.2, -0.15) is 13.2 Å². The second kappa shape index (κ2) is 10.3. The van der Waals surface area contributed by atoms with E-state index >= 15 is 0 Å². The van der Waals surface area contributed by atoms with E-state index in [1.807, 2.05) is 30.3 Å². The van der Waals surface area contributed by atoms with Crippen molar-refractivity contribution < 1.29 is 32.3 Å². The van der Waals surface area contributed by atoms with Gasteiger partial charge in [-0.3, -0.25) is 14.4 Å². The van der Waals surface area contributed by atoms with Crippen LogP contribution < -0.4 is 0 Å². The number of amides is 2. The first-order valence-electron chi connectivity index (χ1n) is 9.52. The van der Waals surface area contributed by atoms with E-state index in [0.717, 1.165) is 5.56 Å². The Morgan fingerprint density at radius 1 is 1.21 bits per heavy atom. The molecule has 1 aliphatic rings. The summed E-state index contributed by atoms with van der Waals surface area (Å²) in [4.78, 5) is 38.9. The van der Waals surface area contributed by atoms with Gasteiger partial charge < -0.3 is 14.5 Å². The van der Waals surface area contributed by atoms with E-state index in [1.54, 1.807) is 0 Å². The van der Waals surface area contributed by atoms with Gasteiger partial charge in [-0.1, -0.05) is 30.3 Å². The zero-order valence-corrected chi connectivity index (χ0v) is 16.3. The summed E-state index contributed by atoms with van der Waals surface area (Å²) >= 11 is 0. The Morgan fingerprint density at radius 2 is 1.90 bits per heavy atom. The molecule has 0 aliphatic carbocycles. The highest BCUT2D eigenvalue weighted by Crippen LogP contribution is 2.23. The number of carbonyl (C=O) groups is 3. The summed E-state index contributed by atoms with van der Waals surface area (Å²) in [7, 11) is 0. The summed E-state index contributed by atoms with van der Waals surface area (Å²) in [6, 6.07) is 9.09. The van der Waals surface area contributed by atoms with Crippen LogP contribution in [-0.4, -0.2) is 66.5 Å². The molecule has 9 heteroatoms. The first kappa shape index (κ1) is 22.7. The van der Waals surface area contributed by atoms with Gasteiger partial charge in [0.05, 0.1) is 18.9 Å². The highest BCUT2D eigenvalue weighted by Gasteiger charge is 2.38. The molecule has 1 saturated heterocycles. The largest absolute Gasteiger partial charge is 0.465 e. The highest BCUT2D eigenvalue weighted by molar-refractivity contribution is 5.85. The molecule has 0 radical (unpaired) electrons. The number of halogens is 3. The Balaban J connectivity index is 2.04. The Hall–Kier alpha value is -2.58. The maximum atomic E-state index is 12.9. The molecule has 2 amide bonds. The smallest absolute Gasteiger partial charge is 0.406 e. The molecular formula is C20H25F3N2O4. The van der Waals surface area contributed by atoms with E-state index in [0.29, 0.717) is 24.3 Å². The molecule has 29 heavy (non-hydrogen) atoms. The summed E-state index contributed by atoms with van der Waals surface area (Å²) in [6.07, 6.45) is -3.60. The molecule has 0 spiro atoms. The van der Waals surface area contributed by atoms with Crippen molar-refractivity contribution in [2.45, 2.75) is 32.4 Å². The second-order valence-corrected chi connectivity index (χ2v) is 6.96. The van der Waals surface area contributed by atoms with Crippen LogP contribution in [0.5, 0.6) is 0 Å². The van der Waals surface area contributed by atoms with Crippen molar-refractivity contribution in [3.8, 4) is 0 Å². The number of hydrogen-bond acceptors (Lipinski definition) is 4. The zero-order chi connectivity index (χ0) is 21.4. The molecular weight excluding hydrogens is 389 g/mol. The lowest BCUT2D eigenvalue weighted by Gasteiger charge is -2.35. The van der Waals surface area contributed by atoms with Crippen molar-refractivity contribution >= 4 is 17.8 Å². The molecule has 0 N–H and O–H groups in total. The Bertz CT molecular complexity index is 709. The van der Waals surface area contributed by atoms with Gasteiger partial charge in [-0.25, -0.2) is 0 Å². The summed E-state index contributed by atoms with van der Waals surface area (Å²) in [5.74, 6) is -2.63. The number of ether oxygens (including phenoxy) is 1. The van der Waals surface area contributed by atoms with E-state index in [4.69, 9.17) is 0 Å². The van der Waals surface area contributed by atoms with E-state index in [-0.39, 0.29) is 25.5 Å². The maximum Gasteiger partial charge on any atom is 0.406 e. The standard InChI is InChI=1S/C20H25F3N2O4/c1-2-29-18(27)13-25(14-20(21,22)23)19(28)16-9-6-10-24(12-16)17(26)11-15-7-4-3-5-8-15/h3-5,7-8,16H,2,6,9-14H2,1H3. The fourth-order valence-corrected chi connectivity index (χ4v) is 3.34. The number of nitrogens with zero attached hydrogens (tertiary/aromatic N) is 2. The summed E-state index contributed by atoms with van der Waals surface area (Å²) < 4.78 is 43.4. The predicted octanol–water partition coefficient (Wildman–Crippen LogP) is 2.42. The molecule has 0 aromatic heterocycles. The highest BCUT2D eigenvalue weighted by atomic mass is 19.4. The lowest BCUT2D eigenvalue weighted by atomic mass is 9.95. The van der Waals surface area contributed by atoms with Crippen molar-refractivity contribution in [3.05, 3.63) is 35.9 Å². The third-order valence-corrected chi connectivity index (χ3v) is 4.63. The molecule has 1 fully saturated rings. The molecule has 160 valence electrons. The molecule has 1 aliphatic heterocycles. The Labute approximate surface area is 167 Å². The van der Waals surface area contributed by atoms with Gasteiger partial charge in [0.2, 0.25) is 11.8 Å². The number of likely N-dealkylation sites (tertiary alicyclic amines) is 1. The molecule has 1 atom stereocenters. The number of carbonyl (C=O) groups excluding carboxylic acids is 3. The lowest BCUT2D eigenvalue weighted by Crippen LogP contribution is -2.50. The third-order valence-electron chi connectivity index (χ3n) is 4.63. The first-order chi connectivity index (χ1) is 13.7. The molecule has 2 rings (SSSR count). The quantitative estimate of drug-likeness (QED) is 0.643. The van der Waals surface area contributed by atoms with Gasteiger partial charge >= 0.3 is 12.1 Å². The summed E-state index contributed by atoms with van der Waals surface area (Å²) in [5, 5.41) is 0. The molecule has 1 aromatic rings. The average molecular weight is 414 g/mol. The van der Waals surface area contributed by atoms with Crippen LogP contribution in [-0.2, 0) is 25.5 Å². The summed E-state index contributed by atoms with van der Waals surface area (Å²) in [6.45, 7) is -0.253. The minimum Gasteiger partial charge on any atom is -0.465 e. The van der Waals surface area contributed by atoms with Crippen molar-refractivity contribution in [3.63, 3.8) is 0 Å². The van der Waals surface area contributed by atoms with Gasteiger partial charge in [0.25, 0.3) is 0 Å². The number of hydrogen-bond donors (Lipinski definition) is 0. The van der Waals surface area contributed by atoms with E-state index < -0.39 is 37.1 Å². The van der Waals surface area contributed by atoms with Crippen LogP contribution in [0.2, 0.25) is 0 Å². The third kappa shape index (κ3) is 7.40. The van der Waals surface area contributed by atoms with Crippen LogP contribution in [0.1, 0.15) is 25.3 Å². The van der Waals surface area contributed by atoms with Gasteiger partial charge in [0.1, 0.15) is 13.1 Å². The van der Waals surface area contributed by atoms with Crippen LogP contribution in [0, 0.1) is 5.92 Å². The number of benzene rings is 1. The first-order valence-corrected chi connectivity index (χ1v) is 9.52. The topological polar surface area (TPSA) is 66.9 Å². The van der Waals surface area contributed by atoms with Crippen molar-refractivity contribution in [1.29, 1.82) is 0 Å². The second-order valence-electron chi connectivity index (χ2n) is 6.96. The van der Waals surface area contributed by atoms with Gasteiger partial charge in [0.15, 0.2) is 0 Å². The van der Waals surface area contributed by atoms with Crippen molar-refractivity contribution in [2.75, 3.05) is 32.8 Å². The molecule has 1 unspecified atom stereocenters. The predicted molar refractivity (Wildman–Crippen MR) is 98.7 cm³/mol. The number of piperidine rings is 1. The monoisotopic (exact) mass is 414 g/mol. The fourth-order valence-electron chi connectivity index (χ4n) is 3.34.